The van der Waals surface area contributed by atoms with Crippen molar-refractivity contribution in [3.8, 4) is 0 Å². The topological polar surface area (TPSA) is 75.0 Å². The fourth-order valence-corrected chi connectivity index (χ4v) is 3.33. The predicted octanol–water partition coefficient (Wildman–Crippen LogP) is 0.682. The van der Waals surface area contributed by atoms with Crippen LogP contribution in [0.5, 0.6) is 0 Å². The molecular formula is C10H16N4OS. The minimum absolute atomic E-state index is 0.216. The lowest BCUT2D eigenvalue weighted by Gasteiger charge is -2.35. The fourth-order valence-electron chi connectivity index (χ4n) is 2.00. The van der Waals surface area contributed by atoms with Crippen LogP contribution < -0.4 is 16.2 Å². The highest BCUT2D eigenvalue weighted by atomic mass is 32.2. The van der Waals surface area contributed by atoms with E-state index in [4.69, 9.17) is 5.73 Å². The van der Waals surface area contributed by atoms with E-state index < -0.39 is 0 Å². The maximum atomic E-state index is 11.4. The van der Waals surface area contributed by atoms with Gasteiger partial charge in [0.25, 0.3) is 5.56 Å². The number of hydrogen-bond acceptors (Lipinski definition) is 5. The highest BCUT2D eigenvalue weighted by Crippen LogP contribution is 2.28. The Hall–Kier alpha value is -1.17. The Labute approximate surface area is 98.4 Å². The van der Waals surface area contributed by atoms with Crippen LogP contribution in [0.4, 0.5) is 11.5 Å². The van der Waals surface area contributed by atoms with Gasteiger partial charge in [-0.1, -0.05) is 13.8 Å². The predicted molar refractivity (Wildman–Crippen MR) is 68.0 cm³/mol. The third-order valence-electron chi connectivity index (χ3n) is 2.59. The van der Waals surface area contributed by atoms with Crippen molar-refractivity contribution in [3.05, 3.63) is 16.7 Å². The normalized spacial score (nSPS) is 25.8. The largest absolute Gasteiger partial charge is 0.391 e. The van der Waals surface area contributed by atoms with Gasteiger partial charge < -0.3 is 15.6 Å². The van der Waals surface area contributed by atoms with Gasteiger partial charge in [-0.3, -0.25) is 4.79 Å². The number of nitrogens with two attached hydrogens (primary N) is 1. The Kier molecular flexibility index (Phi) is 3.09. The average molecular weight is 240 g/mol. The van der Waals surface area contributed by atoms with Crippen molar-refractivity contribution >= 4 is 23.3 Å². The number of H-pyrrole nitrogens is 1. The van der Waals surface area contributed by atoms with Crippen LogP contribution in [-0.2, 0) is 0 Å². The van der Waals surface area contributed by atoms with Crippen LogP contribution in [-0.4, -0.2) is 33.6 Å². The number of rotatable bonds is 1. The summed E-state index contributed by atoms with van der Waals surface area (Å²) in [5, 5.41) is 1.06. The number of hydrogen-bond donors (Lipinski definition) is 2. The van der Waals surface area contributed by atoms with Gasteiger partial charge >= 0.3 is 0 Å². The molecule has 2 atom stereocenters. The molecule has 3 N–H and O–H groups in total. The van der Waals surface area contributed by atoms with Crippen LogP contribution in [0, 0.1) is 0 Å². The first kappa shape index (κ1) is 11.3. The van der Waals surface area contributed by atoms with Gasteiger partial charge in [0.15, 0.2) is 5.82 Å². The maximum Gasteiger partial charge on any atom is 0.276 e. The van der Waals surface area contributed by atoms with Gasteiger partial charge in [-0.15, -0.1) is 0 Å². The van der Waals surface area contributed by atoms with Crippen LogP contribution in [0.2, 0.25) is 0 Å². The van der Waals surface area contributed by atoms with Crippen LogP contribution >= 0.6 is 11.8 Å². The summed E-state index contributed by atoms with van der Waals surface area (Å²) in [5.41, 5.74) is 5.71. The van der Waals surface area contributed by atoms with Crippen molar-refractivity contribution in [2.24, 2.45) is 0 Å². The van der Waals surface area contributed by atoms with E-state index in [1.165, 1.54) is 6.33 Å². The van der Waals surface area contributed by atoms with Gasteiger partial charge in [-0.25, -0.2) is 4.98 Å². The molecule has 1 aromatic rings. The summed E-state index contributed by atoms with van der Waals surface area (Å²) in [6, 6.07) is 0. The van der Waals surface area contributed by atoms with Crippen molar-refractivity contribution in [3.63, 3.8) is 0 Å². The van der Waals surface area contributed by atoms with Crippen LogP contribution in [0.25, 0.3) is 0 Å². The second-order valence-electron chi connectivity index (χ2n) is 4.13. The van der Waals surface area contributed by atoms with Crippen molar-refractivity contribution in [2.75, 3.05) is 23.7 Å². The SMILES string of the molecule is CC1CN(c2nc[nH]c(=O)c2N)CC(C)S1. The number of thioether (sulfide) groups is 1. The molecule has 6 heteroatoms. The summed E-state index contributed by atoms with van der Waals surface area (Å²) < 4.78 is 0. The molecule has 1 saturated heterocycles. The van der Waals surface area contributed by atoms with Gasteiger partial charge in [0, 0.05) is 23.6 Å². The molecule has 0 amide bonds. The molecule has 1 aliphatic rings. The first-order valence-electron chi connectivity index (χ1n) is 5.31. The smallest absolute Gasteiger partial charge is 0.276 e. The van der Waals surface area contributed by atoms with Gasteiger partial charge in [0.2, 0.25) is 0 Å². The first-order chi connectivity index (χ1) is 7.58. The third kappa shape index (κ3) is 2.16. The van der Waals surface area contributed by atoms with Crippen molar-refractivity contribution in [1.82, 2.24) is 9.97 Å². The summed E-state index contributed by atoms with van der Waals surface area (Å²) in [6.45, 7) is 6.12. The molecule has 1 aromatic heterocycles. The average Bonchev–Trinajstić information content (AvgIpc) is 2.20. The zero-order valence-electron chi connectivity index (χ0n) is 9.43. The molecule has 5 nitrogen and oxygen atoms in total. The molecule has 2 unspecified atom stereocenters. The van der Waals surface area contributed by atoms with Crippen molar-refractivity contribution in [2.45, 2.75) is 24.3 Å². The fraction of sp³-hybridized carbons (Fsp3) is 0.600. The molecule has 16 heavy (non-hydrogen) atoms. The number of nitrogen functional groups attached to an aromatic ring is 1. The van der Waals surface area contributed by atoms with Crippen molar-refractivity contribution in [1.29, 1.82) is 0 Å². The molecular weight excluding hydrogens is 224 g/mol. The molecule has 1 aliphatic heterocycles. The van der Waals surface area contributed by atoms with E-state index in [0.29, 0.717) is 16.3 Å². The maximum absolute atomic E-state index is 11.4. The number of nitrogens with zero attached hydrogens (tertiary/aromatic N) is 2. The highest BCUT2D eigenvalue weighted by molar-refractivity contribution is 8.00. The summed E-state index contributed by atoms with van der Waals surface area (Å²) in [7, 11) is 0. The third-order valence-corrected chi connectivity index (χ3v) is 3.81. The first-order valence-corrected chi connectivity index (χ1v) is 6.25. The quantitative estimate of drug-likeness (QED) is 0.755. The lowest BCUT2D eigenvalue weighted by atomic mass is 10.3. The van der Waals surface area contributed by atoms with E-state index in [-0.39, 0.29) is 11.2 Å². The van der Waals surface area contributed by atoms with Gasteiger partial charge in [0.05, 0.1) is 6.33 Å². The minimum atomic E-state index is -0.261. The van der Waals surface area contributed by atoms with E-state index in [1.54, 1.807) is 0 Å². The molecule has 0 aromatic carbocycles. The lowest BCUT2D eigenvalue weighted by molar-refractivity contribution is 0.717. The standard InChI is InChI=1S/C10H16N4OS/c1-6-3-14(4-7(2)16-6)9-8(11)10(15)13-5-12-9/h5-7H,3-4,11H2,1-2H3,(H,12,13,15). The summed E-state index contributed by atoms with van der Waals surface area (Å²) in [6.07, 6.45) is 1.41. The second-order valence-corrected chi connectivity index (χ2v) is 6.01. The second kappa shape index (κ2) is 4.37. The van der Waals surface area contributed by atoms with Gasteiger partial charge in [-0.2, -0.15) is 11.8 Å². The molecule has 1 fully saturated rings. The van der Waals surface area contributed by atoms with E-state index in [9.17, 15) is 4.79 Å². The number of aromatic amines is 1. The highest BCUT2D eigenvalue weighted by Gasteiger charge is 2.24. The summed E-state index contributed by atoms with van der Waals surface area (Å²) >= 11 is 1.95. The van der Waals surface area contributed by atoms with Crippen molar-refractivity contribution < 1.29 is 0 Å². The summed E-state index contributed by atoms with van der Waals surface area (Å²) in [4.78, 5) is 20.1. The van der Waals surface area contributed by atoms with Crippen LogP contribution in [0.1, 0.15) is 13.8 Å². The van der Waals surface area contributed by atoms with E-state index in [1.807, 2.05) is 11.8 Å². The van der Waals surface area contributed by atoms with Gasteiger partial charge in [-0.05, 0) is 0 Å². The molecule has 88 valence electrons. The zero-order chi connectivity index (χ0) is 11.7. The van der Waals surface area contributed by atoms with E-state index in [2.05, 4.69) is 28.7 Å². The van der Waals surface area contributed by atoms with Crippen LogP contribution in [0.15, 0.2) is 11.1 Å². The zero-order valence-corrected chi connectivity index (χ0v) is 10.3. The van der Waals surface area contributed by atoms with Crippen LogP contribution in [0.3, 0.4) is 0 Å². The number of anilines is 2. The molecule has 0 radical (unpaired) electrons. The lowest BCUT2D eigenvalue weighted by Crippen LogP contribution is -2.41. The van der Waals surface area contributed by atoms with E-state index >= 15 is 0 Å². The number of aromatic nitrogens is 2. The van der Waals surface area contributed by atoms with E-state index in [0.717, 1.165) is 13.1 Å². The minimum Gasteiger partial charge on any atom is -0.391 e. The Morgan fingerprint density at radius 3 is 2.75 bits per heavy atom. The molecule has 0 saturated carbocycles. The van der Waals surface area contributed by atoms with Gasteiger partial charge in [0.1, 0.15) is 5.69 Å². The molecule has 2 rings (SSSR count). The Bertz CT molecular complexity index is 423. The molecule has 2 heterocycles. The monoisotopic (exact) mass is 240 g/mol. The molecule has 0 bridgehead atoms. The molecule has 0 aliphatic carbocycles. The number of nitrogens with one attached hydrogen (secondary N) is 1. The molecule has 0 spiro atoms. The Morgan fingerprint density at radius 1 is 1.50 bits per heavy atom. The Morgan fingerprint density at radius 2 is 2.12 bits per heavy atom. The Balaban J connectivity index is 2.30. The summed E-state index contributed by atoms with van der Waals surface area (Å²) in [5.74, 6) is 0.614.